The van der Waals surface area contributed by atoms with Crippen LogP contribution in [0.4, 0.5) is 0 Å². The molecule has 2 aliphatic carbocycles. The number of rotatable bonds is 1. The highest BCUT2D eigenvalue weighted by atomic mass is 16.1. The molecule has 1 nitrogen and oxygen atoms in total. The number of carbonyl (C=O) groups is 1. The first kappa shape index (κ1) is 8.98. The molecule has 0 spiro atoms. The van der Waals surface area contributed by atoms with Gasteiger partial charge < -0.3 is 4.79 Å². The summed E-state index contributed by atoms with van der Waals surface area (Å²) in [7, 11) is 0. The van der Waals surface area contributed by atoms with Crippen molar-refractivity contribution in [3.63, 3.8) is 0 Å². The molecule has 1 saturated carbocycles. The van der Waals surface area contributed by atoms with E-state index < -0.39 is 0 Å². The molecule has 0 N–H and O–H groups in total. The lowest BCUT2D eigenvalue weighted by Gasteiger charge is -2.41. The molecule has 0 saturated heterocycles. The van der Waals surface area contributed by atoms with Crippen molar-refractivity contribution in [2.45, 2.75) is 33.1 Å². The SMILES string of the molecule is CC1=CCC2CC1CC(C=O)C2C. The molecule has 0 aromatic rings. The lowest BCUT2D eigenvalue weighted by Crippen LogP contribution is -2.34. The van der Waals surface area contributed by atoms with Crippen LogP contribution in [0.5, 0.6) is 0 Å². The van der Waals surface area contributed by atoms with Gasteiger partial charge >= 0.3 is 0 Å². The summed E-state index contributed by atoms with van der Waals surface area (Å²) < 4.78 is 0. The Kier molecular flexibility index (Phi) is 2.27. The van der Waals surface area contributed by atoms with Crippen LogP contribution < -0.4 is 0 Å². The highest BCUT2D eigenvalue weighted by Gasteiger charge is 2.36. The number of carbonyl (C=O) groups excluding carboxylic acids is 1. The molecule has 4 atom stereocenters. The molecular weight excluding hydrogens is 160 g/mol. The third kappa shape index (κ3) is 1.45. The van der Waals surface area contributed by atoms with E-state index >= 15 is 0 Å². The second-order valence-electron chi connectivity index (χ2n) is 4.77. The fourth-order valence-corrected chi connectivity index (χ4v) is 2.94. The lowest BCUT2D eigenvalue weighted by atomic mass is 9.63. The van der Waals surface area contributed by atoms with Crippen molar-refractivity contribution in [2.75, 3.05) is 0 Å². The predicted octanol–water partition coefficient (Wildman–Crippen LogP) is 2.81. The normalized spacial score (nSPS) is 44.0. The Morgan fingerprint density at radius 1 is 1.46 bits per heavy atom. The molecule has 0 aliphatic heterocycles. The first-order valence-corrected chi connectivity index (χ1v) is 5.34. The Bertz CT molecular complexity index is 242. The van der Waals surface area contributed by atoms with Crippen LogP contribution in [0, 0.1) is 23.7 Å². The second kappa shape index (κ2) is 3.28. The van der Waals surface area contributed by atoms with Crippen molar-refractivity contribution in [1.82, 2.24) is 0 Å². The van der Waals surface area contributed by atoms with Gasteiger partial charge in [0.1, 0.15) is 6.29 Å². The summed E-state index contributed by atoms with van der Waals surface area (Å²) in [5.41, 5.74) is 1.52. The Labute approximate surface area is 80.2 Å². The number of aldehydes is 1. The molecule has 0 aromatic heterocycles. The van der Waals surface area contributed by atoms with Crippen molar-refractivity contribution in [3.8, 4) is 0 Å². The van der Waals surface area contributed by atoms with Crippen molar-refractivity contribution < 1.29 is 4.79 Å². The third-order valence-corrected chi connectivity index (χ3v) is 4.12. The highest BCUT2D eigenvalue weighted by Crippen LogP contribution is 2.45. The summed E-state index contributed by atoms with van der Waals surface area (Å²) in [6.07, 6.45) is 7.20. The van der Waals surface area contributed by atoms with Gasteiger partial charge in [-0.3, -0.25) is 0 Å². The van der Waals surface area contributed by atoms with E-state index in [0.29, 0.717) is 17.8 Å². The fourth-order valence-electron chi connectivity index (χ4n) is 2.94. The van der Waals surface area contributed by atoms with Gasteiger partial charge in [-0.25, -0.2) is 0 Å². The van der Waals surface area contributed by atoms with E-state index in [9.17, 15) is 4.79 Å². The molecule has 0 radical (unpaired) electrons. The van der Waals surface area contributed by atoms with Gasteiger partial charge in [-0.15, -0.1) is 0 Å². The Hall–Kier alpha value is -0.590. The van der Waals surface area contributed by atoms with Crippen LogP contribution in [0.2, 0.25) is 0 Å². The van der Waals surface area contributed by atoms with Crippen molar-refractivity contribution in [3.05, 3.63) is 11.6 Å². The summed E-state index contributed by atoms with van der Waals surface area (Å²) in [4.78, 5) is 10.9. The Morgan fingerprint density at radius 3 is 2.92 bits per heavy atom. The number of hydrogen-bond acceptors (Lipinski definition) is 1. The molecule has 13 heavy (non-hydrogen) atoms. The van der Waals surface area contributed by atoms with E-state index in [4.69, 9.17) is 0 Å². The van der Waals surface area contributed by atoms with Crippen molar-refractivity contribution in [1.29, 1.82) is 0 Å². The van der Waals surface area contributed by atoms with E-state index in [0.717, 1.165) is 12.3 Å². The zero-order valence-electron chi connectivity index (χ0n) is 8.49. The Balaban J connectivity index is 2.20. The molecule has 0 heterocycles. The summed E-state index contributed by atoms with van der Waals surface area (Å²) in [6, 6.07) is 0. The van der Waals surface area contributed by atoms with Crippen molar-refractivity contribution in [2.24, 2.45) is 23.7 Å². The van der Waals surface area contributed by atoms with E-state index in [1.807, 2.05) is 0 Å². The smallest absolute Gasteiger partial charge is 0.123 e. The molecule has 72 valence electrons. The first-order valence-electron chi connectivity index (χ1n) is 5.34. The summed E-state index contributed by atoms with van der Waals surface area (Å²) in [6.45, 7) is 4.47. The van der Waals surface area contributed by atoms with Crippen LogP contribution in [0.3, 0.4) is 0 Å². The molecule has 1 fully saturated rings. The molecule has 0 aromatic carbocycles. The fraction of sp³-hybridized carbons (Fsp3) is 0.750. The topological polar surface area (TPSA) is 17.1 Å². The predicted molar refractivity (Wildman–Crippen MR) is 53.3 cm³/mol. The van der Waals surface area contributed by atoms with E-state index in [2.05, 4.69) is 19.9 Å². The maximum atomic E-state index is 10.9. The maximum absolute atomic E-state index is 10.9. The van der Waals surface area contributed by atoms with Gasteiger partial charge in [0.25, 0.3) is 0 Å². The molecule has 0 amide bonds. The van der Waals surface area contributed by atoms with Crippen LogP contribution in [0.25, 0.3) is 0 Å². The standard InChI is InChI=1S/C12H18O/c1-8-3-4-10-5-11(8)6-12(7-13)9(10)2/h3,7,9-12H,4-6H2,1-2H3. The monoisotopic (exact) mass is 178 g/mol. The van der Waals surface area contributed by atoms with Gasteiger partial charge in [-0.1, -0.05) is 18.6 Å². The summed E-state index contributed by atoms with van der Waals surface area (Å²) >= 11 is 0. The van der Waals surface area contributed by atoms with Gasteiger partial charge in [0.2, 0.25) is 0 Å². The van der Waals surface area contributed by atoms with E-state index in [-0.39, 0.29) is 0 Å². The number of hydrogen-bond donors (Lipinski definition) is 0. The molecule has 2 aliphatic rings. The minimum absolute atomic E-state index is 0.326. The zero-order chi connectivity index (χ0) is 9.42. The zero-order valence-corrected chi connectivity index (χ0v) is 8.49. The van der Waals surface area contributed by atoms with Gasteiger partial charge in [-0.2, -0.15) is 0 Å². The van der Waals surface area contributed by atoms with E-state index in [1.165, 1.54) is 24.7 Å². The van der Waals surface area contributed by atoms with E-state index in [1.54, 1.807) is 0 Å². The number of fused-ring (bicyclic) bond motifs is 2. The summed E-state index contributed by atoms with van der Waals surface area (Å²) in [5.74, 6) is 2.42. The average Bonchev–Trinajstić information content (AvgIpc) is 2.15. The van der Waals surface area contributed by atoms with Gasteiger partial charge in [0.15, 0.2) is 0 Å². The highest BCUT2D eigenvalue weighted by molar-refractivity contribution is 5.54. The van der Waals surface area contributed by atoms with Crippen LogP contribution >= 0.6 is 0 Å². The largest absolute Gasteiger partial charge is 0.303 e. The first-order chi connectivity index (χ1) is 6.22. The lowest BCUT2D eigenvalue weighted by molar-refractivity contribution is -0.114. The quantitative estimate of drug-likeness (QED) is 0.446. The third-order valence-electron chi connectivity index (χ3n) is 4.12. The van der Waals surface area contributed by atoms with Crippen molar-refractivity contribution >= 4 is 6.29 Å². The van der Waals surface area contributed by atoms with Crippen LogP contribution in [-0.4, -0.2) is 6.29 Å². The van der Waals surface area contributed by atoms with Gasteiger partial charge in [0, 0.05) is 5.92 Å². The minimum atomic E-state index is 0.326. The molecule has 2 rings (SSSR count). The van der Waals surface area contributed by atoms with Gasteiger partial charge in [0.05, 0.1) is 0 Å². The van der Waals surface area contributed by atoms with Gasteiger partial charge in [-0.05, 0) is 43.9 Å². The molecular formula is C12H18O. The summed E-state index contributed by atoms with van der Waals surface area (Å²) in [5, 5.41) is 0. The van der Waals surface area contributed by atoms with Crippen LogP contribution in [0.1, 0.15) is 33.1 Å². The molecule has 2 bridgehead atoms. The van der Waals surface area contributed by atoms with Crippen LogP contribution in [0.15, 0.2) is 11.6 Å². The molecule has 1 heteroatoms. The second-order valence-corrected chi connectivity index (χ2v) is 4.77. The minimum Gasteiger partial charge on any atom is -0.303 e. The van der Waals surface area contributed by atoms with Crippen LogP contribution in [-0.2, 0) is 4.79 Å². The molecule has 4 unspecified atom stereocenters. The maximum Gasteiger partial charge on any atom is 0.123 e. The number of allylic oxidation sites excluding steroid dienone is 2. The average molecular weight is 178 g/mol. The Morgan fingerprint density at radius 2 is 2.23 bits per heavy atom.